The number of ether oxygens (including phenoxy) is 3. The van der Waals surface area contributed by atoms with Crippen molar-refractivity contribution >= 4 is 18.0 Å². The van der Waals surface area contributed by atoms with Crippen LogP contribution in [0.2, 0.25) is 0 Å². The summed E-state index contributed by atoms with van der Waals surface area (Å²) in [4.78, 5) is 22.6. The molecule has 0 unspecified atom stereocenters. The van der Waals surface area contributed by atoms with E-state index >= 15 is 0 Å². The van der Waals surface area contributed by atoms with E-state index in [0.29, 0.717) is 48.6 Å². The Kier molecular flexibility index (Phi) is 7.70. The second-order valence-electron chi connectivity index (χ2n) is 5.68. The van der Waals surface area contributed by atoms with Gasteiger partial charge in [0.1, 0.15) is 12.0 Å². The van der Waals surface area contributed by atoms with E-state index in [-0.39, 0.29) is 5.75 Å². The topological polar surface area (TPSA) is 85.9 Å². The van der Waals surface area contributed by atoms with Gasteiger partial charge in [-0.05, 0) is 48.9 Å². The first-order chi connectivity index (χ1) is 13.8. The zero-order valence-corrected chi connectivity index (χ0v) is 15.4. The van der Waals surface area contributed by atoms with Gasteiger partial charge in [0, 0.05) is 17.8 Å². The fourth-order valence-electron chi connectivity index (χ4n) is 2.25. The number of urea groups is 1. The minimum Gasteiger partial charge on any atom is -0.493 e. The van der Waals surface area contributed by atoms with Crippen molar-refractivity contribution in [3.8, 4) is 17.2 Å². The van der Waals surface area contributed by atoms with E-state index < -0.39 is 12.4 Å². The van der Waals surface area contributed by atoms with Crippen molar-refractivity contribution in [2.75, 3.05) is 25.6 Å². The first kappa shape index (κ1) is 21.9. The Bertz CT molecular complexity index is 826. The maximum absolute atomic E-state index is 12.1. The van der Waals surface area contributed by atoms with Gasteiger partial charge in [0.25, 0.3) is 0 Å². The van der Waals surface area contributed by atoms with Gasteiger partial charge in [0.05, 0.1) is 13.7 Å². The molecule has 2 aromatic rings. The molecule has 0 saturated carbocycles. The Morgan fingerprint density at radius 3 is 2.45 bits per heavy atom. The zero-order valence-electron chi connectivity index (χ0n) is 15.4. The molecule has 0 aliphatic carbocycles. The molecule has 2 amide bonds. The molecular formula is C19H19F3N2O5. The van der Waals surface area contributed by atoms with Crippen molar-refractivity contribution in [3.05, 3.63) is 48.0 Å². The van der Waals surface area contributed by atoms with E-state index in [2.05, 4.69) is 15.4 Å². The van der Waals surface area contributed by atoms with Crippen molar-refractivity contribution in [2.24, 2.45) is 0 Å². The minimum absolute atomic E-state index is 0.292. The number of nitrogens with one attached hydrogen (secondary N) is 2. The normalized spacial score (nSPS) is 10.8. The standard InChI is InChI=1S/C19H19F3N2O5/c1-27-17-11-13(12-25)3-8-16(17)28-10-2-9-23-18(26)24-14-4-6-15(7-5-14)29-19(20,21)22/h3-8,11-12H,2,9-10H2,1H3,(H2,23,24,26). The van der Waals surface area contributed by atoms with E-state index in [1.54, 1.807) is 18.2 Å². The van der Waals surface area contributed by atoms with E-state index in [1.807, 2.05) is 0 Å². The molecule has 0 saturated heterocycles. The number of hydrogen-bond acceptors (Lipinski definition) is 5. The minimum atomic E-state index is -4.77. The molecule has 0 fully saturated rings. The number of aldehydes is 1. The predicted molar refractivity (Wildman–Crippen MR) is 98.6 cm³/mol. The lowest BCUT2D eigenvalue weighted by Crippen LogP contribution is -2.30. The first-order valence-electron chi connectivity index (χ1n) is 8.47. The lowest BCUT2D eigenvalue weighted by molar-refractivity contribution is -0.274. The van der Waals surface area contributed by atoms with Crippen LogP contribution in [0.3, 0.4) is 0 Å². The van der Waals surface area contributed by atoms with E-state index in [0.717, 1.165) is 12.1 Å². The first-order valence-corrected chi connectivity index (χ1v) is 8.47. The van der Waals surface area contributed by atoms with Crippen LogP contribution in [0.4, 0.5) is 23.7 Å². The molecule has 0 aliphatic heterocycles. The number of alkyl halides is 3. The Morgan fingerprint density at radius 2 is 1.83 bits per heavy atom. The number of carbonyl (C=O) groups excluding carboxylic acids is 2. The summed E-state index contributed by atoms with van der Waals surface area (Å²) in [5.41, 5.74) is 0.777. The highest BCUT2D eigenvalue weighted by Crippen LogP contribution is 2.27. The quantitative estimate of drug-likeness (QED) is 0.480. The molecule has 0 radical (unpaired) electrons. The summed E-state index contributed by atoms with van der Waals surface area (Å²) >= 11 is 0. The molecule has 2 rings (SSSR count). The van der Waals surface area contributed by atoms with Crippen LogP contribution in [0.1, 0.15) is 16.8 Å². The molecule has 0 bridgehead atoms. The van der Waals surface area contributed by atoms with Crippen LogP contribution in [0.15, 0.2) is 42.5 Å². The monoisotopic (exact) mass is 412 g/mol. The zero-order chi connectivity index (χ0) is 21.3. The van der Waals surface area contributed by atoms with Crippen molar-refractivity contribution in [1.29, 1.82) is 0 Å². The smallest absolute Gasteiger partial charge is 0.493 e. The van der Waals surface area contributed by atoms with Gasteiger partial charge in [0.2, 0.25) is 0 Å². The number of anilines is 1. The highest BCUT2D eigenvalue weighted by molar-refractivity contribution is 5.89. The van der Waals surface area contributed by atoms with Crippen molar-refractivity contribution in [2.45, 2.75) is 12.8 Å². The summed E-state index contributed by atoms with van der Waals surface area (Å²) in [5.74, 6) is 0.527. The third-order valence-electron chi connectivity index (χ3n) is 3.53. The summed E-state index contributed by atoms with van der Waals surface area (Å²) in [6, 6.07) is 9.04. The van der Waals surface area contributed by atoms with Crippen LogP contribution in [-0.4, -0.2) is 38.9 Å². The Balaban J connectivity index is 1.70. The molecule has 7 nitrogen and oxygen atoms in total. The number of rotatable bonds is 9. The molecule has 0 spiro atoms. The third-order valence-corrected chi connectivity index (χ3v) is 3.53. The predicted octanol–water partition coefficient (Wildman–Crippen LogP) is 4.00. The van der Waals surface area contributed by atoms with Gasteiger partial charge in [-0.15, -0.1) is 13.2 Å². The van der Waals surface area contributed by atoms with E-state index in [1.165, 1.54) is 19.2 Å². The van der Waals surface area contributed by atoms with Gasteiger partial charge < -0.3 is 24.8 Å². The second kappa shape index (κ2) is 10.2. The van der Waals surface area contributed by atoms with Gasteiger partial charge in [-0.1, -0.05) is 0 Å². The molecule has 0 aromatic heterocycles. The molecule has 0 aliphatic rings. The molecular weight excluding hydrogens is 393 g/mol. The third kappa shape index (κ3) is 7.60. The summed E-state index contributed by atoms with van der Waals surface area (Å²) < 4.78 is 50.8. The van der Waals surface area contributed by atoms with Crippen LogP contribution in [0, 0.1) is 0 Å². The second-order valence-corrected chi connectivity index (χ2v) is 5.68. The van der Waals surface area contributed by atoms with Gasteiger partial charge in [-0.25, -0.2) is 4.79 Å². The summed E-state index contributed by atoms with van der Waals surface area (Å²) in [5, 5.41) is 5.09. The molecule has 156 valence electrons. The molecule has 2 aromatic carbocycles. The molecule has 0 heterocycles. The fraction of sp³-hybridized carbons (Fsp3) is 0.263. The summed E-state index contributed by atoms with van der Waals surface area (Å²) in [6.45, 7) is 0.594. The lowest BCUT2D eigenvalue weighted by Gasteiger charge is -2.12. The summed E-state index contributed by atoms with van der Waals surface area (Å²) in [6.07, 6.45) is -3.58. The number of amides is 2. The highest BCUT2D eigenvalue weighted by Gasteiger charge is 2.30. The van der Waals surface area contributed by atoms with Crippen molar-refractivity contribution < 1.29 is 37.0 Å². The number of methoxy groups -OCH3 is 1. The van der Waals surface area contributed by atoms with Gasteiger partial charge >= 0.3 is 12.4 Å². The maximum atomic E-state index is 12.1. The highest BCUT2D eigenvalue weighted by atomic mass is 19.4. The number of carbonyl (C=O) groups is 2. The fourth-order valence-corrected chi connectivity index (χ4v) is 2.25. The van der Waals surface area contributed by atoms with Crippen molar-refractivity contribution in [3.63, 3.8) is 0 Å². The summed E-state index contributed by atoms with van der Waals surface area (Å²) in [7, 11) is 1.46. The van der Waals surface area contributed by atoms with Crippen LogP contribution in [0.5, 0.6) is 17.2 Å². The van der Waals surface area contributed by atoms with Crippen LogP contribution >= 0.6 is 0 Å². The molecule has 2 N–H and O–H groups in total. The van der Waals surface area contributed by atoms with Crippen LogP contribution < -0.4 is 24.8 Å². The Labute approximate surface area is 164 Å². The average Bonchev–Trinajstić information content (AvgIpc) is 2.68. The maximum Gasteiger partial charge on any atom is 0.573 e. The largest absolute Gasteiger partial charge is 0.573 e. The molecule has 29 heavy (non-hydrogen) atoms. The molecule has 10 heteroatoms. The lowest BCUT2D eigenvalue weighted by atomic mass is 10.2. The number of benzene rings is 2. The molecule has 0 atom stereocenters. The SMILES string of the molecule is COc1cc(C=O)ccc1OCCCNC(=O)Nc1ccc(OC(F)(F)F)cc1. The van der Waals surface area contributed by atoms with Crippen LogP contribution in [-0.2, 0) is 0 Å². The van der Waals surface area contributed by atoms with Gasteiger partial charge in [-0.2, -0.15) is 0 Å². The Hall–Kier alpha value is -3.43. The van der Waals surface area contributed by atoms with E-state index in [4.69, 9.17) is 9.47 Å². The average molecular weight is 412 g/mol. The number of halogens is 3. The van der Waals surface area contributed by atoms with Crippen molar-refractivity contribution in [1.82, 2.24) is 5.32 Å². The Morgan fingerprint density at radius 1 is 1.10 bits per heavy atom. The number of hydrogen-bond donors (Lipinski definition) is 2. The van der Waals surface area contributed by atoms with Gasteiger partial charge in [-0.3, -0.25) is 4.79 Å². The van der Waals surface area contributed by atoms with Gasteiger partial charge in [0.15, 0.2) is 11.5 Å². The van der Waals surface area contributed by atoms with E-state index in [9.17, 15) is 22.8 Å². The van der Waals surface area contributed by atoms with Crippen LogP contribution in [0.25, 0.3) is 0 Å².